The van der Waals surface area contributed by atoms with Crippen LogP contribution < -0.4 is 0 Å². The number of nitrogens with zero attached hydrogens (tertiary/aromatic N) is 3. The SMILES string of the molecule is CCO[C@@H]1C=C[C@H](n2nnc(C(=O)OC)c2C(=O)OC)[C@@H](CO[Si](C)(C)C(C)(C)C)O1. The maximum absolute atomic E-state index is 12.5. The van der Waals surface area contributed by atoms with Crippen molar-refractivity contribution in [3.05, 3.63) is 23.5 Å². The molecule has 2 heterocycles. The average molecular weight is 456 g/mol. The third-order valence-electron chi connectivity index (χ3n) is 5.64. The summed E-state index contributed by atoms with van der Waals surface area (Å²) in [6.45, 7) is 13.3. The quantitative estimate of drug-likeness (QED) is 0.332. The highest BCUT2D eigenvalue weighted by atomic mass is 28.4. The molecular weight excluding hydrogens is 422 g/mol. The Morgan fingerprint density at radius 3 is 2.35 bits per heavy atom. The lowest BCUT2D eigenvalue weighted by Gasteiger charge is -2.39. The molecular formula is C20H33N3O7Si. The van der Waals surface area contributed by atoms with E-state index in [2.05, 4.69) is 44.2 Å². The second-order valence-corrected chi connectivity index (χ2v) is 13.5. The van der Waals surface area contributed by atoms with Gasteiger partial charge in [-0.2, -0.15) is 0 Å². The van der Waals surface area contributed by atoms with Crippen LogP contribution in [0.4, 0.5) is 0 Å². The summed E-state index contributed by atoms with van der Waals surface area (Å²) in [5.74, 6) is -1.54. The molecule has 0 unspecified atom stereocenters. The molecule has 0 N–H and O–H groups in total. The summed E-state index contributed by atoms with van der Waals surface area (Å²) >= 11 is 0. The fraction of sp³-hybridized carbons (Fsp3) is 0.700. The van der Waals surface area contributed by atoms with Crippen LogP contribution in [0.15, 0.2) is 12.2 Å². The maximum Gasteiger partial charge on any atom is 0.361 e. The number of aromatic nitrogens is 3. The second-order valence-electron chi connectivity index (χ2n) is 8.66. The third-order valence-corrected chi connectivity index (χ3v) is 10.1. The first-order valence-corrected chi connectivity index (χ1v) is 13.1. The van der Waals surface area contributed by atoms with Gasteiger partial charge in [0.25, 0.3) is 0 Å². The first kappa shape index (κ1) is 25.2. The molecule has 174 valence electrons. The van der Waals surface area contributed by atoms with Gasteiger partial charge in [-0.15, -0.1) is 5.10 Å². The number of ether oxygens (including phenoxy) is 4. The minimum absolute atomic E-state index is 0.00874. The molecule has 11 heteroatoms. The van der Waals surface area contributed by atoms with Crippen molar-refractivity contribution in [2.24, 2.45) is 0 Å². The highest BCUT2D eigenvalue weighted by Gasteiger charge is 2.41. The van der Waals surface area contributed by atoms with Gasteiger partial charge in [0.15, 0.2) is 20.3 Å². The molecule has 0 bridgehead atoms. The topological polar surface area (TPSA) is 111 Å². The van der Waals surface area contributed by atoms with Gasteiger partial charge in [0.2, 0.25) is 5.69 Å². The zero-order valence-corrected chi connectivity index (χ0v) is 20.5. The van der Waals surface area contributed by atoms with E-state index in [1.807, 2.05) is 13.0 Å². The van der Waals surface area contributed by atoms with Gasteiger partial charge in [-0.25, -0.2) is 14.3 Å². The fourth-order valence-corrected chi connectivity index (χ4v) is 3.81. The number of hydrogen-bond donors (Lipinski definition) is 0. The lowest BCUT2D eigenvalue weighted by atomic mass is 10.1. The van der Waals surface area contributed by atoms with Crippen molar-refractivity contribution in [2.45, 2.75) is 64.3 Å². The summed E-state index contributed by atoms with van der Waals surface area (Å²) in [6.07, 6.45) is 2.45. The minimum Gasteiger partial charge on any atom is -0.464 e. The molecule has 1 aromatic rings. The Balaban J connectivity index is 2.43. The Hall–Kier alpha value is -2.08. The lowest BCUT2D eigenvalue weighted by Crippen LogP contribution is -2.46. The van der Waals surface area contributed by atoms with Gasteiger partial charge in [-0.1, -0.05) is 32.1 Å². The van der Waals surface area contributed by atoms with Crippen molar-refractivity contribution in [1.29, 1.82) is 0 Å². The van der Waals surface area contributed by atoms with Gasteiger partial charge in [0.05, 0.1) is 20.8 Å². The van der Waals surface area contributed by atoms with Crippen molar-refractivity contribution in [1.82, 2.24) is 15.0 Å². The predicted molar refractivity (Wildman–Crippen MR) is 114 cm³/mol. The molecule has 0 radical (unpaired) electrons. The summed E-state index contributed by atoms with van der Waals surface area (Å²) in [5.41, 5.74) is -0.335. The Labute approximate surface area is 183 Å². The molecule has 0 saturated heterocycles. The van der Waals surface area contributed by atoms with E-state index in [9.17, 15) is 9.59 Å². The normalized spacial score (nSPS) is 21.7. The second kappa shape index (κ2) is 10.0. The molecule has 1 aliphatic rings. The Kier molecular flexibility index (Phi) is 8.14. The minimum atomic E-state index is -2.08. The van der Waals surface area contributed by atoms with Crippen LogP contribution in [-0.4, -0.2) is 75.1 Å². The van der Waals surface area contributed by atoms with Gasteiger partial charge >= 0.3 is 11.9 Å². The molecule has 0 aromatic carbocycles. The highest BCUT2D eigenvalue weighted by molar-refractivity contribution is 6.74. The van der Waals surface area contributed by atoms with Crippen molar-refractivity contribution in [3.63, 3.8) is 0 Å². The van der Waals surface area contributed by atoms with Crippen LogP contribution in [0.5, 0.6) is 0 Å². The van der Waals surface area contributed by atoms with Gasteiger partial charge < -0.3 is 23.4 Å². The van der Waals surface area contributed by atoms with Crippen LogP contribution in [0, 0.1) is 0 Å². The summed E-state index contributed by atoms with van der Waals surface area (Å²) in [5, 5.41) is 7.90. The van der Waals surface area contributed by atoms with Gasteiger partial charge in [-0.05, 0) is 31.1 Å². The van der Waals surface area contributed by atoms with E-state index in [-0.39, 0.29) is 23.0 Å². The summed E-state index contributed by atoms with van der Waals surface area (Å²) in [4.78, 5) is 24.6. The number of esters is 2. The standard InChI is InChI=1S/C20H33N3O7Si/c1-9-28-15-11-10-13(14(30-15)12-29-31(7,8)20(2,3)4)23-17(19(25)27-6)16(21-22-23)18(24)26-5/h10-11,13-15H,9,12H2,1-8H3/t13-,14+,15-/m0/s1. The van der Waals surface area contributed by atoms with Crippen LogP contribution in [0.25, 0.3) is 0 Å². The highest BCUT2D eigenvalue weighted by Crippen LogP contribution is 2.37. The number of hydrogen-bond acceptors (Lipinski definition) is 9. The molecule has 10 nitrogen and oxygen atoms in total. The Bertz CT molecular complexity index is 816. The van der Waals surface area contributed by atoms with E-state index in [1.54, 1.807) is 6.08 Å². The smallest absolute Gasteiger partial charge is 0.361 e. The summed E-state index contributed by atoms with van der Waals surface area (Å²) in [7, 11) is 0.346. The molecule has 0 spiro atoms. The monoisotopic (exact) mass is 455 g/mol. The summed E-state index contributed by atoms with van der Waals surface area (Å²) < 4.78 is 29.0. The van der Waals surface area contributed by atoms with Gasteiger partial charge in [0, 0.05) is 6.61 Å². The Morgan fingerprint density at radius 2 is 1.81 bits per heavy atom. The van der Waals surface area contributed by atoms with Crippen LogP contribution >= 0.6 is 0 Å². The first-order chi connectivity index (χ1) is 14.5. The van der Waals surface area contributed by atoms with Crippen LogP contribution in [0.2, 0.25) is 18.1 Å². The Morgan fingerprint density at radius 1 is 1.16 bits per heavy atom. The average Bonchev–Trinajstić information content (AvgIpc) is 3.15. The van der Waals surface area contributed by atoms with Crippen LogP contribution in [0.3, 0.4) is 0 Å². The van der Waals surface area contributed by atoms with E-state index in [0.29, 0.717) is 6.61 Å². The van der Waals surface area contributed by atoms with E-state index in [0.717, 1.165) is 0 Å². The van der Waals surface area contributed by atoms with Crippen LogP contribution in [0.1, 0.15) is 54.7 Å². The van der Waals surface area contributed by atoms with Gasteiger partial charge in [0.1, 0.15) is 12.1 Å². The number of rotatable bonds is 8. The molecule has 31 heavy (non-hydrogen) atoms. The fourth-order valence-electron chi connectivity index (χ4n) is 2.79. The van der Waals surface area contributed by atoms with E-state index >= 15 is 0 Å². The van der Waals surface area contributed by atoms with Crippen molar-refractivity contribution >= 4 is 20.3 Å². The molecule has 0 aliphatic carbocycles. The zero-order chi connectivity index (χ0) is 23.4. The maximum atomic E-state index is 12.5. The van der Waals surface area contributed by atoms with Crippen molar-refractivity contribution in [3.8, 4) is 0 Å². The zero-order valence-electron chi connectivity index (χ0n) is 19.5. The third kappa shape index (κ3) is 5.59. The van der Waals surface area contributed by atoms with E-state index in [1.165, 1.54) is 18.9 Å². The molecule has 0 fully saturated rings. The molecule has 1 aliphatic heterocycles. The lowest BCUT2D eigenvalue weighted by molar-refractivity contribution is -0.164. The van der Waals surface area contributed by atoms with Crippen molar-refractivity contribution in [2.75, 3.05) is 27.4 Å². The summed E-state index contributed by atoms with van der Waals surface area (Å²) in [6, 6.07) is -0.568. The first-order valence-electron chi connectivity index (χ1n) is 10.2. The van der Waals surface area contributed by atoms with E-state index in [4.69, 9.17) is 23.4 Å². The van der Waals surface area contributed by atoms with Gasteiger partial charge in [-0.3, -0.25) is 0 Å². The number of carbonyl (C=O) groups excluding carboxylic acids is 2. The number of methoxy groups -OCH3 is 2. The molecule has 0 saturated carbocycles. The molecule has 2 rings (SSSR count). The van der Waals surface area contributed by atoms with Crippen molar-refractivity contribution < 1.29 is 33.0 Å². The predicted octanol–water partition coefficient (Wildman–Crippen LogP) is 2.73. The van der Waals surface area contributed by atoms with Crippen LogP contribution in [-0.2, 0) is 23.4 Å². The molecule has 1 aromatic heterocycles. The number of carbonyl (C=O) groups is 2. The molecule has 3 atom stereocenters. The van der Waals surface area contributed by atoms with E-state index < -0.39 is 38.7 Å². The largest absolute Gasteiger partial charge is 0.464 e. The molecule has 0 amide bonds.